The van der Waals surface area contributed by atoms with Crippen molar-refractivity contribution in [3.63, 3.8) is 0 Å². The van der Waals surface area contributed by atoms with Crippen LogP contribution in [0.15, 0.2) is 18.3 Å². The molecule has 1 aromatic heterocycles. The summed E-state index contributed by atoms with van der Waals surface area (Å²) < 4.78 is 5.07. The van der Waals surface area contributed by atoms with Gasteiger partial charge in [0.15, 0.2) is 0 Å². The second-order valence-corrected chi connectivity index (χ2v) is 4.72. The summed E-state index contributed by atoms with van der Waals surface area (Å²) in [6, 6.07) is 3.17. The van der Waals surface area contributed by atoms with Crippen LogP contribution in [0.3, 0.4) is 0 Å². The number of ether oxygens (including phenoxy) is 1. The molecule has 0 aromatic carbocycles. The lowest BCUT2D eigenvalue weighted by Crippen LogP contribution is -2.33. The molecule has 0 bridgehead atoms. The molecule has 98 valence electrons. The summed E-state index contributed by atoms with van der Waals surface area (Å²) in [5.41, 5.74) is 5.33. The third kappa shape index (κ3) is 4.40. The number of nitrogens with zero attached hydrogens (tertiary/aromatic N) is 1. The number of carbonyl (C=O) groups is 2. The Morgan fingerprint density at radius 1 is 1.44 bits per heavy atom. The number of rotatable bonds is 3. The van der Waals surface area contributed by atoms with Gasteiger partial charge in [0.2, 0.25) is 0 Å². The number of nitrogens with one attached hydrogen (secondary N) is 1. The van der Waals surface area contributed by atoms with E-state index in [4.69, 9.17) is 10.5 Å². The highest BCUT2D eigenvalue weighted by Gasteiger charge is 2.16. The molecule has 3 N–H and O–H groups in total. The predicted octanol–water partition coefficient (Wildman–Crippen LogP) is 1.21. The average Bonchev–Trinajstić information content (AvgIpc) is 2.24. The third-order valence-electron chi connectivity index (χ3n) is 1.95. The summed E-state index contributed by atoms with van der Waals surface area (Å²) in [4.78, 5) is 26.6. The van der Waals surface area contributed by atoms with Crippen LogP contribution in [0.25, 0.3) is 0 Å². The van der Waals surface area contributed by atoms with Crippen molar-refractivity contribution in [1.82, 2.24) is 10.3 Å². The smallest absolute Gasteiger partial charge is 0.407 e. The van der Waals surface area contributed by atoms with Crippen molar-refractivity contribution < 1.29 is 14.3 Å². The number of carbonyl (C=O) groups excluding carboxylic acids is 2. The number of pyridine rings is 1. The number of aromatic nitrogens is 1. The topological polar surface area (TPSA) is 94.3 Å². The van der Waals surface area contributed by atoms with E-state index < -0.39 is 17.6 Å². The van der Waals surface area contributed by atoms with Gasteiger partial charge in [-0.05, 0) is 32.9 Å². The fourth-order valence-corrected chi connectivity index (χ4v) is 1.27. The molecule has 1 heterocycles. The maximum atomic E-state index is 11.4. The summed E-state index contributed by atoms with van der Waals surface area (Å²) in [6.45, 7) is 5.39. The Kier molecular flexibility index (Phi) is 4.25. The maximum Gasteiger partial charge on any atom is 0.407 e. The summed E-state index contributed by atoms with van der Waals surface area (Å²) in [5.74, 6) is -0.580. The van der Waals surface area contributed by atoms with E-state index in [1.165, 1.54) is 6.20 Å². The molecular formula is C12H17N3O3. The van der Waals surface area contributed by atoms with Crippen molar-refractivity contribution in [2.24, 2.45) is 5.73 Å². The number of primary amides is 1. The molecule has 1 aromatic rings. The van der Waals surface area contributed by atoms with Crippen LogP contribution in [0.4, 0.5) is 4.79 Å². The molecule has 6 nitrogen and oxygen atoms in total. The summed E-state index contributed by atoms with van der Waals surface area (Å²) in [7, 11) is 0. The Hall–Kier alpha value is -2.11. The molecule has 0 fully saturated rings. The normalized spacial score (nSPS) is 10.8. The molecule has 0 saturated carbocycles. The van der Waals surface area contributed by atoms with Crippen LogP contribution in [0.5, 0.6) is 0 Å². The van der Waals surface area contributed by atoms with Gasteiger partial charge >= 0.3 is 6.09 Å². The molecule has 1 rings (SSSR count). The first-order valence-corrected chi connectivity index (χ1v) is 5.50. The second-order valence-electron chi connectivity index (χ2n) is 4.72. The van der Waals surface area contributed by atoms with Crippen molar-refractivity contribution in [2.75, 3.05) is 0 Å². The van der Waals surface area contributed by atoms with Crippen LogP contribution >= 0.6 is 0 Å². The zero-order chi connectivity index (χ0) is 13.8. The van der Waals surface area contributed by atoms with Crippen LogP contribution < -0.4 is 11.1 Å². The molecule has 0 spiro atoms. The molecular weight excluding hydrogens is 234 g/mol. The fourth-order valence-electron chi connectivity index (χ4n) is 1.27. The highest BCUT2D eigenvalue weighted by atomic mass is 16.6. The molecule has 0 saturated heterocycles. The van der Waals surface area contributed by atoms with Gasteiger partial charge in [-0.1, -0.05) is 0 Å². The molecule has 0 aliphatic heterocycles. The highest BCUT2D eigenvalue weighted by Crippen LogP contribution is 2.08. The van der Waals surface area contributed by atoms with E-state index in [9.17, 15) is 9.59 Å². The predicted molar refractivity (Wildman–Crippen MR) is 65.8 cm³/mol. The summed E-state index contributed by atoms with van der Waals surface area (Å²) in [5, 5.41) is 2.52. The second kappa shape index (κ2) is 5.48. The fraction of sp³-hybridized carbons (Fsp3) is 0.417. The van der Waals surface area contributed by atoms with Crippen LogP contribution in [0.1, 0.15) is 36.8 Å². The SMILES string of the molecule is CC(C)(C)OC(=O)NCc1ncccc1C(N)=O. The van der Waals surface area contributed by atoms with Crippen molar-refractivity contribution in [3.8, 4) is 0 Å². The van der Waals surface area contributed by atoms with Gasteiger partial charge < -0.3 is 15.8 Å². The molecule has 0 unspecified atom stereocenters. The number of hydrogen-bond acceptors (Lipinski definition) is 4. The van der Waals surface area contributed by atoms with Gasteiger partial charge in [0, 0.05) is 6.20 Å². The minimum atomic E-state index is -0.580. The van der Waals surface area contributed by atoms with Gasteiger partial charge in [-0.2, -0.15) is 0 Å². The number of hydrogen-bond donors (Lipinski definition) is 2. The zero-order valence-corrected chi connectivity index (χ0v) is 10.7. The van der Waals surface area contributed by atoms with E-state index >= 15 is 0 Å². The molecule has 0 aliphatic rings. The Balaban J connectivity index is 2.64. The van der Waals surface area contributed by atoms with Gasteiger partial charge in [-0.25, -0.2) is 4.79 Å². The first-order chi connectivity index (χ1) is 8.29. The van der Waals surface area contributed by atoms with Crippen molar-refractivity contribution in [2.45, 2.75) is 32.9 Å². The number of amides is 2. The minimum absolute atomic E-state index is 0.0913. The Morgan fingerprint density at radius 3 is 2.67 bits per heavy atom. The Morgan fingerprint density at radius 2 is 2.11 bits per heavy atom. The number of nitrogens with two attached hydrogens (primary N) is 1. The van der Waals surface area contributed by atoms with Crippen molar-refractivity contribution >= 4 is 12.0 Å². The standard InChI is InChI=1S/C12H17N3O3/c1-12(2,3)18-11(17)15-7-9-8(10(13)16)5-4-6-14-9/h4-6H,7H2,1-3H3,(H2,13,16)(H,15,17). The van der Waals surface area contributed by atoms with Crippen LogP contribution in [0, 0.1) is 0 Å². The van der Waals surface area contributed by atoms with Gasteiger partial charge in [0.1, 0.15) is 5.60 Å². The summed E-state index contributed by atoms with van der Waals surface area (Å²) >= 11 is 0. The molecule has 2 amide bonds. The minimum Gasteiger partial charge on any atom is -0.444 e. The molecule has 6 heteroatoms. The first kappa shape index (κ1) is 14.0. The lowest BCUT2D eigenvalue weighted by molar-refractivity contribution is 0.0522. The lowest BCUT2D eigenvalue weighted by atomic mass is 10.2. The molecule has 18 heavy (non-hydrogen) atoms. The van der Waals surface area contributed by atoms with Gasteiger partial charge in [0.25, 0.3) is 5.91 Å². The van der Waals surface area contributed by atoms with Gasteiger partial charge in [-0.3, -0.25) is 9.78 Å². The van der Waals surface area contributed by atoms with Crippen molar-refractivity contribution in [1.29, 1.82) is 0 Å². The van der Waals surface area contributed by atoms with E-state index in [2.05, 4.69) is 10.3 Å². The summed E-state index contributed by atoms with van der Waals surface area (Å²) in [6.07, 6.45) is 0.960. The largest absolute Gasteiger partial charge is 0.444 e. The average molecular weight is 251 g/mol. The monoisotopic (exact) mass is 251 g/mol. The molecule has 0 aliphatic carbocycles. The van der Waals surface area contributed by atoms with Gasteiger partial charge in [0.05, 0.1) is 17.8 Å². The first-order valence-electron chi connectivity index (χ1n) is 5.50. The van der Waals surface area contributed by atoms with Gasteiger partial charge in [-0.15, -0.1) is 0 Å². The van der Waals surface area contributed by atoms with E-state index in [0.717, 1.165) is 0 Å². The van der Waals surface area contributed by atoms with Crippen molar-refractivity contribution in [3.05, 3.63) is 29.6 Å². The maximum absolute atomic E-state index is 11.4. The highest BCUT2D eigenvalue weighted by molar-refractivity contribution is 5.93. The quantitative estimate of drug-likeness (QED) is 0.844. The Bertz CT molecular complexity index is 452. The zero-order valence-electron chi connectivity index (χ0n) is 10.7. The van der Waals surface area contributed by atoms with E-state index in [1.54, 1.807) is 32.9 Å². The van der Waals surface area contributed by atoms with E-state index in [0.29, 0.717) is 5.69 Å². The van der Waals surface area contributed by atoms with E-state index in [-0.39, 0.29) is 12.1 Å². The lowest BCUT2D eigenvalue weighted by Gasteiger charge is -2.19. The Labute approximate surface area is 106 Å². The van der Waals surface area contributed by atoms with Crippen LogP contribution in [-0.2, 0) is 11.3 Å². The molecule has 0 radical (unpaired) electrons. The third-order valence-corrected chi connectivity index (χ3v) is 1.95. The molecule has 0 atom stereocenters. The van der Waals surface area contributed by atoms with Crippen LogP contribution in [0.2, 0.25) is 0 Å². The van der Waals surface area contributed by atoms with Crippen LogP contribution in [-0.4, -0.2) is 22.6 Å². The number of alkyl carbamates (subject to hydrolysis) is 1. The van der Waals surface area contributed by atoms with E-state index in [1.807, 2.05) is 0 Å².